The van der Waals surface area contributed by atoms with E-state index in [0.717, 1.165) is 0 Å². The third kappa shape index (κ3) is 2.61. The molecule has 0 aromatic rings. The van der Waals surface area contributed by atoms with Crippen molar-refractivity contribution >= 4 is 22.6 Å². The number of rotatable bonds is 3. The molecule has 2 unspecified atom stereocenters. The monoisotopic (exact) mass is 360 g/mol. The summed E-state index contributed by atoms with van der Waals surface area (Å²) < 4.78 is 102. The van der Waals surface area contributed by atoms with Crippen molar-refractivity contribution < 1.29 is 39.5 Å². The molecule has 92 valence electrons. The van der Waals surface area contributed by atoms with E-state index in [0.29, 0.717) is 0 Å². The normalized spacial score (nSPS) is 20.2. The highest BCUT2D eigenvalue weighted by Crippen LogP contribution is 2.52. The highest BCUT2D eigenvalue weighted by molar-refractivity contribution is 14.1. The molecule has 0 aliphatic rings. The standard InChI is InChI=1S/C5H2F9I/c6-1(2(7)8)3(9,15)4(10,11)5(12,13)14/h1-2H. The predicted octanol–water partition coefficient (Wildman–Crippen LogP) is 3.89. The minimum absolute atomic E-state index is 0.307. The van der Waals surface area contributed by atoms with Crippen molar-refractivity contribution in [3.8, 4) is 0 Å². The molecule has 0 heterocycles. The maximum Gasteiger partial charge on any atom is 0.457 e. The van der Waals surface area contributed by atoms with Crippen molar-refractivity contribution in [2.24, 2.45) is 0 Å². The first kappa shape index (κ1) is 15.1. The molecule has 0 radical (unpaired) electrons. The second-order valence-corrected chi connectivity index (χ2v) is 4.00. The average Bonchev–Trinajstić information content (AvgIpc) is 2.00. The smallest absolute Gasteiger partial charge is 0.236 e. The summed E-state index contributed by atoms with van der Waals surface area (Å²) in [4.78, 5) is 0. The van der Waals surface area contributed by atoms with Crippen LogP contribution in [0, 0.1) is 0 Å². The molecule has 0 aromatic carbocycles. The summed E-state index contributed by atoms with van der Waals surface area (Å²) in [5.41, 5.74) is 0. The zero-order chi connectivity index (χ0) is 12.7. The lowest BCUT2D eigenvalue weighted by atomic mass is 10.1. The minimum Gasteiger partial charge on any atom is -0.236 e. The molecule has 2 atom stereocenters. The van der Waals surface area contributed by atoms with Crippen LogP contribution in [0.2, 0.25) is 0 Å². The molecular weight excluding hydrogens is 358 g/mol. The fraction of sp³-hybridized carbons (Fsp3) is 1.00. The van der Waals surface area contributed by atoms with E-state index in [9.17, 15) is 39.5 Å². The second-order valence-electron chi connectivity index (χ2n) is 2.43. The van der Waals surface area contributed by atoms with E-state index in [1.165, 1.54) is 0 Å². The van der Waals surface area contributed by atoms with E-state index in [4.69, 9.17) is 0 Å². The van der Waals surface area contributed by atoms with Crippen LogP contribution in [0.4, 0.5) is 39.5 Å². The lowest BCUT2D eigenvalue weighted by Gasteiger charge is -2.31. The Morgan fingerprint density at radius 2 is 1.13 bits per heavy atom. The number of alkyl halides is 10. The van der Waals surface area contributed by atoms with Crippen molar-refractivity contribution in [1.29, 1.82) is 0 Å². The van der Waals surface area contributed by atoms with Crippen LogP contribution in [0.3, 0.4) is 0 Å². The SMILES string of the molecule is FC(F)C(F)C(F)(I)C(F)(F)C(F)(F)F. The zero-order valence-electron chi connectivity index (χ0n) is 6.43. The summed E-state index contributed by atoms with van der Waals surface area (Å²) in [5.74, 6) is -6.20. The maximum absolute atomic E-state index is 12.7. The molecule has 0 rings (SSSR count). The van der Waals surface area contributed by atoms with Gasteiger partial charge in [-0.15, -0.1) is 0 Å². The summed E-state index contributed by atoms with van der Waals surface area (Å²) >= 11 is -0.307. The minimum atomic E-state index is -6.44. The van der Waals surface area contributed by atoms with Gasteiger partial charge in [0, 0.05) is 0 Å². The first-order valence-electron chi connectivity index (χ1n) is 3.10. The van der Waals surface area contributed by atoms with Gasteiger partial charge in [0.1, 0.15) is 0 Å². The molecule has 0 bridgehead atoms. The third-order valence-corrected chi connectivity index (χ3v) is 2.61. The van der Waals surface area contributed by atoms with Crippen LogP contribution in [0.1, 0.15) is 0 Å². The molecular formula is C5H2F9I. The maximum atomic E-state index is 12.7. The lowest BCUT2D eigenvalue weighted by molar-refractivity contribution is -0.316. The summed E-state index contributed by atoms with van der Waals surface area (Å²) in [7, 11) is 0. The molecule has 15 heavy (non-hydrogen) atoms. The van der Waals surface area contributed by atoms with E-state index >= 15 is 0 Å². The summed E-state index contributed by atoms with van der Waals surface area (Å²) in [5, 5.41) is 0. The summed E-state index contributed by atoms with van der Waals surface area (Å²) in [6.45, 7) is 0. The Bertz CT molecular complexity index is 219. The average molecular weight is 360 g/mol. The van der Waals surface area contributed by atoms with Crippen LogP contribution in [0.25, 0.3) is 0 Å². The van der Waals surface area contributed by atoms with Crippen LogP contribution < -0.4 is 0 Å². The van der Waals surface area contributed by atoms with E-state index < -0.39 is 28.4 Å². The molecule has 0 nitrogen and oxygen atoms in total. The Balaban J connectivity index is 5.19. The first-order valence-corrected chi connectivity index (χ1v) is 4.18. The fourth-order valence-electron chi connectivity index (χ4n) is 0.520. The van der Waals surface area contributed by atoms with E-state index in [-0.39, 0.29) is 22.6 Å². The molecule has 0 saturated heterocycles. The predicted molar refractivity (Wildman–Crippen MR) is 39.8 cm³/mol. The molecule has 0 aromatic heterocycles. The van der Waals surface area contributed by atoms with E-state index in [1.807, 2.05) is 0 Å². The molecule has 0 amide bonds. The van der Waals surface area contributed by atoms with E-state index in [2.05, 4.69) is 0 Å². The molecule has 0 saturated carbocycles. The highest BCUT2D eigenvalue weighted by Gasteiger charge is 2.74. The van der Waals surface area contributed by atoms with Gasteiger partial charge >= 0.3 is 12.1 Å². The van der Waals surface area contributed by atoms with Crippen LogP contribution >= 0.6 is 22.6 Å². The summed E-state index contributed by atoms with van der Waals surface area (Å²) in [6.07, 6.45) is -15.0. The summed E-state index contributed by atoms with van der Waals surface area (Å²) in [6, 6.07) is 0. The molecule has 0 aliphatic carbocycles. The Labute approximate surface area is 91.0 Å². The third-order valence-electron chi connectivity index (χ3n) is 1.34. The van der Waals surface area contributed by atoms with Gasteiger partial charge in [0.2, 0.25) is 6.17 Å². The van der Waals surface area contributed by atoms with Crippen LogP contribution in [-0.2, 0) is 0 Å². The topological polar surface area (TPSA) is 0 Å². The van der Waals surface area contributed by atoms with Gasteiger partial charge in [-0.3, -0.25) is 0 Å². The highest BCUT2D eigenvalue weighted by atomic mass is 127. The Morgan fingerprint density at radius 1 is 0.800 bits per heavy atom. The van der Waals surface area contributed by atoms with Crippen molar-refractivity contribution in [1.82, 2.24) is 0 Å². The second kappa shape index (κ2) is 4.17. The number of halogens is 10. The van der Waals surface area contributed by atoms with Gasteiger partial charge < -0.3 is 0 Å². The van der Waals surface area contributed by atoms with Gasteiger partial charge in [-0.25, -0.2) is 17.6 Å². The van der Waals surface area contributed by atoms with Gasteiger partial charge in [-0.1, -0.05) is 0 Å². The van der Waals surface area contributed by atoms with Gasteiger partial charge in [-0.2, -0.15) is 22.0 Å². The van der Waals surface area contributed by atoms with Crippen LogP contribution in [0.5, 0.6) is 0 Å². The molecule has 0 fully saturated rings. The van der Waals surface area contributed by atoms with E-state index in [1.54, 1.807) is 0 Å². The van der Waals surface area contributed by atoms with Crippen molar-refractivity contribution in [2.75, 3.05) is 0 Å². The zero-order valence-corrected chi connectivity index (χ0v) is 8.59. The number of hydrogen-bond donors (Lipinski definition) is 0. The Kier molecular flexibility index (Phi) is 4.19. The molecule has 10 heteroatoms. The van der Waals surface area contributed by atoms with Crippen LogP contribution in [0.15, 0.2) is 0 Å². The quantitative estimate of drug-likeness (QED) is 0.407. The van der Waals surface area contributed by atoms with Gasteiger partial charge in [-0.05, 0) is 22.6 Å². The van der Waals surface area contributed by atoms with Gasteiger partial charge in [0.25, 0.3) is 10.1 Å². The number of hydrogen-bond acceptors (Lipinski definition) is 0. The van der Waals surface area contributed by atoms with Crippen LogP contribution in [-0.4, -0.2) is 28.4 Å². The molecule has 0 aliphatic heterocycles. The fourth-order valence-corrected chi connectivity index (χ4v) is 1.10. The van der Waals surface area contributed by atoms with Gasteiger partial charge in [0.15, 0.2) is 0 Å². The largest absolute Gasteiger partial charge is 0.457 e. The Morgan fingerprint density at radius 3 is 1.33 bits per heavy atom. The van der Waals surface area contributed by atoms with Crippen molar-refractivity contribution in [3.63, 3.8) is 0 Å². The lowest BCUT2D eigenvalue weighted by Crippen LogP contribution is -2.57. The molecule has 0 N–H and O–H groups in total. The Hall–Kier alpha value is 0.1000. The van der Waals surface area contributed by atoms with Crippen molar-refractivity contribution in [3.05, 3.63) is 0 Å². The van der Waals surface area contributed by atoms with Gasteiger partial charge in [0.05, 0.1) is 0 Å². The van der Waals surface area contributed by atoms with Crippen molar-refractivity contribution in [2.45, 2.75) is 28.4 Å². The molecule has 0 spiro atoms. The first-order chi connectivity index (χ1) is 6.35.